The minimum atomic E-state index is 0.428. The lowest BCUT2D eigenvalue weighted by Crippen LogP contribution is -2.26. The fourth-order valence-corrected chi connectivity index (χ4v) is 2.92. The molecule has 0 fully saturated rings. The number of rotatable bonds is 2. The van der Waals surface area contributed by atoms with E-state index in [1.807, 2.05) is 12.3 Å². The number of anilines is 2. The van der Waals surface area contributed by atoms with Crippen LogP contribution in [0.4, 0.5) is 11.5 Å². The molecule has 1 unspecified atom stereocenters. The number of aryl methyl sites for hydroxylation is 1. The summed E-state index contributed by atoms with van der Waals surface area (Å²) in [6.45, 7) is 4.87. The number of nitrogens with zero attached hydrogens (tertiary/aromatic N) is 2. The number of benzene rings is 1. The van der Waals surface area contributed by atoms with Crippen LogP contribution in [0, 0.1) is 6.92 Å². The van der Waals surface area contributed by atoms with Crippen molar-refractivity contribution in [2.45, 2.75) is 32.9 Å². The van der Waals surface area contributed by atoms with Crippen molar-refractivity contribution in [1.29, 1.82) is 0 Å². The van der Waals surface area contributed by atoms with E-state index in [2.05, 4.69) is 48.0 Å². The summed E-state index contributed by atoms with van der Waals surface area (Å²) in [4.78, 5) is 6.91. The minimum absolute atomic E-state index is 0.428. The van der Waals surface area contributed by atoms with Crippen molar-refractivity contribution in [3.63, 3.8) is 0 Å². The first-order valence-electron chi connectivity index (χ1n) is 6.74. The number of nitrogens with two attached hydrogens (primary N) is 1. The van der Waals surface area contributed by atoms with Crippen LogP contribution >= 0.6 is 0 Å². The summed E-state index contributed by atoms with van der Waals surface area (Å²) < 4.78 is 0. The second-order valence-electron chi connectivity index (χ2n) is 5.19. The van der Waals surface area contributed by atoms with Crippen LogP contribution in [0.2, 0.25) is 0 Å². The molecule has 2 aromatic rings. The number of aromatic nitrogens is 1. The number of pyridine rings is 1. The molecule has 3 heteroatoms. The molecule has 1 aliphatic heterocycles. The highest BCUT2D eigenvalue weighted by Crippen LogP contribution is 2.38. The van der Waals surface area contributed by atoms with Crippen molar-refractivity contribution in [2.75, 3.05) is 4.90 Å². The van der Waals surface area contributed by atoms with Gasteiger partial charge in [-0.2, -0.15) is 0 Å². The minimum Gasteiger partial charge on any atom is -0.326 e. The monoisotopic (exact) mass is 253 g/mol. The van der Waals surface area contributed by atoms with Crippen LogP contribution in [-0.4, -0.2) is 11.0 Å². The maximum absolute atomic E-state index is 5.92. The Morgan fingerprint density at radius 3 is 2.89 bits per heavy atom. The molecule has 0 spiro atoms. The van der Waals surface area contributed by atoms with E-state index in [9.17, 15) is 0 Å². The largest absolute Gasteiger partial charge is 0.326 e. The topological polar surface area (TPSA) is 42.2 Å². The zero-order chi connectivity index (χ0) is 13.4. The van der Waals surface area contributed by atoms with E-state index in [0.717, 1.165) is 17.8 Å². The van der Waals surface area contributed by atoms with Crippen molar-refractivity contribution in [2.24, 2.45) is 5.73 Å². The zero-order valence-corrected chi connectivity index (χ0v) is 11.4. The van der Waals surface area contributed by atoms with Crippen molar-refractivity contribution < 1.29 is 0 Å². The Kier molecular flexibility index (Phi) is 2.99. The Labute approximate surface area is 114 Å². The van der Waals surface area contributed by atoms with Crippen LogP contribution in [-0.2, 0) is 13.0 Å². The van der Waals surface area contributed by atoms with Gasteiger partial charge in [-0.15, -0.1) is 0 Å². The van der Waals surface area contributed by atoms with Crippen LogP contribution in [0.1, 0.15) is 23.6 Å². The molecular weight excluding hydrogens is 234 g/mol. The highest BCUT2D eigenvalue weighted by Gasteiger charge is 2.29. The second kappa shape index (κ2) is 4.67. The fraction of sp³-hybridized carbons (Fsp3) is 0.312. The van der Waals surface area contributed by atoms with Crippen molar-refractivity contribution in [3.8, 4) is 0 Å². The van der Waals surface area contributed by atoms with Gasteiger partial charge >= 0.3 is 0 Å². The molecule has 0 radical (unpaired) electrons. The molecular formula is C16H19N3. The normalized spacial score (nSPS) is 17.6. The average Bonchev–Trinajstić information content (AvgIpc) is 2.74. The van der Waals surface area contributed by atoms with Gasteiger partial charge in [0.2, 0.25) is 0 Å². The van der Waals surface area contributed by atoms with Crippen LogP contribution in [0.5, 0.6) is 0 Å². The summed E-state index contributed by atoms with van der Waals surface area (Å²) in [6.07, 6.45) is 2.94. The maximum atomic E-state index is 5.92. The number of hydrogen-bond donors (Lipinski definition) is 1. The highest BCUT2D eigenvalue weighted by atomic mass is 15.2. The predicted molar refractivity (Wildman–Crippen MR) is 78.6 cm³/mol. The molecule has 0 amide bonds. The van der Waals surface area contributed by atoms with E-state index < -0.39 is 0 Å². The van der Waals surface area contributed by atoms with E-state index in [1.54, 1.807) is 0 Å². The van der Waals surface area contributed by atoms with E-state index in [0.29, 0.717) is 12.6 Å². The van der Waals surface area contributed by atoms with Gasteiger partial charge in [0.1, 0.15) is 5.82 Å². The van der Waals surface area contributed by atoms with Crippen molar-refractivity contribution in [3.05, 3.63) is 53.2 Å². The fourth-order valence-electron chi connectivity index (χ4n) is 2.92. The molecule has 0 saturated heterocycles. The molecule has 1 aliphatic rings. The molecule has 1 atom stereocenters. The standard InChI is InChI=1S/C16H19N3/c1-11-7-8-18-16(14(11)10-17)19-12(2)9-13-5-3-4-6-15(13)19/h3-8,12H,9-10,17H2,1-2H3. The third-order valence-electron chi connectivity index (χ3n) is 3.91. The second-order valence-corrected chi connectivity index (χ2v) is 5.19. The van der Waals surface area contributed by atoms with E-state index in [4.69, 9.17) is 5.73 Å². The lowest BCUT2D eigenvalue weighted by molar-refractivity contribution is 0.744. The molecule has 0 aliphatic carbocycles. The van der Waals surface area contributed by atoms with Gasteiger partial charge in [-0.1, -0.05) is 18.2 Å². The number of fused-ring (bicyclic) bond motifs is 1. The van der Waals surface area contributed by atoms with E-state index in [1.165, 1.54) is 16.8 Å². The molecule has 1 aromatic heterocycles. The Bertz CT molecular complexity index is 607. The third kappa shape index (κ3) is 1.90. The molecule has 0 bridgehead atoms. The maximum Gasteiger partial charge on any atom is 0.137 e. The first kappa shape index (κ1) is 12.2. The summed E-state index contributed by atoms with van der Waals surface area (Å²) in [5.74, 6) is 1.01. The SMILES string of the molecule is Cc1ccnc(N2c3ccccc3CC2C)c1CN. The Hall–Kier alpha value is -1.87. The summed E-state index contributed by atoms with van der Waals surface area (Å²) in [5, 5.41) is 0. The Morgan fingerprint density at radius 2 is 2.11 bits per heavy atom. The van der Waals surface area contributed by atoms with E-state index >= 15 is 0 Å². The third-order valence-corrected chi connectivity index (χ3v) is 3.91. The Balaban J connectivity index is 2.15. The van der Waals surface area contributed by atoms with Gasteiger partial charge in [-0.25, -0.2) is 4.98 Å². The van der Waals surface area contributed by atoms with Crippen LogP contribution in [0.3, 0.4) is 0 Å². The van der Waals surface area contributed by atoms with Gasteiger partial charge in [0.05, 0.1) is 0 Å². The summed E-state index contributed by atoms with van der Waals surface area (Å²) >= 11 is 0. The quantitative estimate of drug-likeness (QED) is 0.894. The highest BCUT2D eigenvalue weighted by molar-refractivity contribution is 5.71. The summed E-state index contributed by atoms with van der Waals surface area (Å²) in [5.41, 5.74) is 10.9. The first-order valence-corrected chi connectivity index (χ1v) is 6.74. The smallest absolute Gasteiger partial charge is 0.137 e. The molecule has 2 N–H and O–H groups in total. The molecule has 19 heavy (non-hydrogen) atoms. The molecule has 3 nitrogen and oxygen atoms in total. The van der Waals surface area contributed by atoms with E-state index in [-0.39, 0.29) is 0 Å². The van der Waals surface area contributed by atoms with Gasteiger partial charge in [0, 0.05) is 30.0 Å². The molecule has 1 aromatic carbocycles. The van der Waals surface area contributed by atoms with Gasteiger partial charge in [-0.3, -0.25) is 0 Å². The molecule has 2 heterocycles. The average molecular weight is 253 g/mol. The molecule has 3 rings (SSSR count). The molecule has 98 valence electrons. The first-order chi connectivity index (χ1) is 9.22. The van der Waals surface area contributed by atoms with Crippen molar-refractivity contribution in [1.82, 2.24) is 4.98 Å². The zero-order valence-electron chi connectivity index (χ0n) is 11.4. The number of hydrogen-bond acceptors (Lipinski definition) is 3. The summed E-state index contributed by atoms with van der Waals surface area (Å²) in [7, 11) is 0. The predicted octanol–water partition coefficient (Wildman–Crippen LogP) is 2.93. The lowest BCUT2D eigenvalue weighted by atomic mass is 10.1. The van der Waals surface area contributed by atoms with Gasteiger partial charge < -0.3 is 10.6 Å². The molecule has 0 saturated carbocycles. The van der Waals surface area contributed by atoms with Gasteiger partial charge in [-0.05, 0) is 43.5 Å². The Morgan fingerprint density at radius 1 is 1.32 bits per heavy atom. The van der Waals surface area contributed by atoms with Crippen LogP contribution in [0.25, 0.3) is 0 Å². The summed E-state index contributed by atoms with van der Waals surface area (Å²) in [6, 6.07) is 11.0. The number of para-hydroxylation sites is 1. The lowest BCUT2D eigenvalue weighted by Gasteiger charge is -2.26. The van der Waals surface area contributed by atoms with Crippen LogP contribution in [0.15, 0.2) is 36.5 Å². The van der Waals surface area contributed by atoms with Gasteiger partial charge in [0.15, 0.2) is 0 Å². The van der Waals surface area contributed by atoms with Crippen molar-refractivity contribution >= 4 is 11.5 Å². The van der Waals surface area contributed by atoms with Gasteiger partial charge in [0.25, 0.3) is 0 Å². The van der Waals surface area contributed by atoms with Crippen LogP contribution < -0.4 is 10.6 Å².